The van der Waals surface area contributed by atoms with Gasteiger partial charge in [0.2, 0.25) is 0 Å². The van der Waals surface area contributed by atoms with Crippen molar-refractivity contribution in [2.75, 3.05) is 0 Å². The molecule has 27 heavy (non-hydrogen) atoms. The number of nitrogen functional groups attached to an aromatic ring is 1. The van der Waals surface area contributed by atoms with E-state index in [9.17, 15) is 9.90 Å². The van der Waals surface area contributed by atoms with Crippen LogP contribution in [0.2, 0.25) is 0 Å². The largest absolute Gasteiger partial charge is 0.477 e. The van der Waals surface area contributed by atoms with Crippen LogP contribution in [0.15, 0.2) is 60.7 Å². The van der Waals surface area contributed by atoms with Crippen molar-refractivity contribution >= 4 is 33.5 Å². The van der Waals surface area contributed by atoms with Gasteiger partial charge >= 0.3 is 5.97 Å². The Bertz CT molecular complexity index is 1220. The molecule has 134 valence electrons. The number of hydrogen-bond acceptors (Lipinski definition) is 2. The summed E-state index contributed by atoms with van der Waals surface area (Å²) < 4.78 is 1.70. The lowest BCUT2D eigenvalue weighted by Gasteiger charge is -2.08. The van der Waals surface area contributed by atoms with E-state index in [2.05, 4.69) is 6.07 Å². The Labute approximate surface area is 156 Å². The fraction of sp³-hybridized carbons (Fsp3) is 0.0909. The number of carboxylic acids is 1. The number of carboxylic acid groups (broad SMARTS) is 1. The molecule has 0 aliphatic carbocycles. The van der Waals surface area contributed by atoms with Gasteiger partial charge in [-0.05, 0) is 40.1 Å². The van der Waals surface area contributed by atoms with Crippen molar-refractivity contribution in [1.82, 2.24) is 4.57 Å². The minimum atomic E-state index is -0.965. The summed E-state index contributed by atoms with van der Waals surface area (Å²) in [5.74, 6) is -0.998. The molecule has 1 aromatic heterocycles. The number of aryl methyl sites for hydroxylation is 1. The third kappa shape index (κ3) is 2.73. The molecule has 0 aliphatic rings. The molecule has 4 rings (SSSR count). The fourth-order valence-electron chi connectivity index (χ4n) is 3.78. The van der Waals surface area contributed by atoms with Crippen LogP contribution in [0.1, 0.15) is 27.2 Å². The summed E-state index contributed by atoms with van der Waals surface area (Å²) in [6.07, 6.45) is 0.488. The van der Waals surface area contributed by atoms with Crippen molar-refractivity contribution in [2.24, 2.45) is 12.8 Å². The molecule has 0 bridgehead atoms. The van der Waals surface area contributed by atoms with Gasteiger partial charge in [-0.25, -0.2) is 4.79 Å². The SMILES string of the molecule is Cn1c(C(=O)O)c(Cc2cccc3ccccc23)c2cc(C(=N)N)ccc21. The molecule has 4 aromatic rings. The average Bonchev–Trinajstić information content (AvgIpc) is 2.93. The molecule has 3 aromatic carbocycles. The zero-order chi connectivity index (χ0) is 19.1. The van der Waals surface area contributed by atoms with Crippen molar-refractivity contribution in [3.8, 4) is 0 Å². The van der Waals surface area contributed by atoms with Crippen LogP contribution < -0.4 is 5.73 Å². The van der Waals surface area contributed by atoms with Crippen LogP contribution in [-0.2, 0) is 13.5 Å². The Kier molecular flexibility index (Phi) is 3.92. The third-order valence-electron chi connectivity index (χ3n) is 5.07. The normalized spacial score (nSPS) is 11.1. The smallest absolute Gasteiger partial charge is 0.352 e. The first-order valence-electron chi connectivity index (χ1n) is 8.63. The van der Waals surface area contributed by atoms with Crippen LogP contribution in [0.25, 0.3) is 21.7 Å². The fourth-order valence-corrected chi connectivity index (χ4v) is 3.78. The minimum absolute atomic E-state index is 0.0336. The quantitative estimate of drug-likeness (QED) is 0.382. The summed E-state index contributed by atoms with van der Waals surface area (Å²) in [6, 6.07) is 19.5. The molecular formula is C22H19N3O2. The van der Waals surface area contributed by atoms with Gasteiger partial charge in [0.05, 0.1) is 0 Å². The molecule has 0 unspecified atom stereocenters. The number of amidine groups is 1. The Morgan fingerprint density at radius 2 is 1.81 bits per heavy atom. The second-order valence-electron chi connectivity index (χ2n) is 6.65. The molecular weight excluding hydrogens is 338 g/mol. The molecule has 0 atom stereocenters. The number of nitrogens with two attached hydrogens (primary N) is 1. The van der Waals surface area contributed by atoms with E-state index in [-0.39, 0.29) is 11.5 Å². The molecule has 5 nitrogen and oxygen atoms in total. The highest BCUT2D eigenvalue weighted by atomic mass is 16.4. The summed E-state index contributed by atoms with van der Waals surface area (Å²) in [7, 11) is 1.76. The van der Waals surface area contributed by atoms with E-state index in [0.29, 0.717) is 12.0 Å². The van der Waals surface area contributed by atoms with Crippen LogP contribution in [0.4, 0.5) is 0 Å². The van der Waals surface area contributed by atoms with Crippen LogP contribution in [0.5, 0.6) is 0 Å². The highest BCUT2D eigenvalue weighted by Gasteiger charge is 2.21. The lowest BCUT2D eigenvalue weighted by Crippen LogP contribution is -2.10. The monoisotopic (exact) mass is 357 g/mol. The Morgan fingerprint density at radius 1 is 1.07 bits per heavy atom. The molecule has 4 N–H and O–H groups in total. The van der Waals surface area contributed by atoms with Crippen LogP contribution in [0.3, 0.4) is 0 Å². The van der Waals surface area contributed by atoms with Gasteiger partial charge in [0.25, 0.3) is 0 Å². The molecule has 0 aliphatic heterocycles. The summed E-state index contributed by atoms with van der Waals surface area (Å²) in [5.41, 5.74) is 9.11. The van der Waals surface area contributed by atoms with Crippen molar-refractivity contribution in [1.29, 1.82) is 5.41 Å². The maximum atomic E-state index is 12.0. The van der Waals surface area contributed by atoms with Gasteiger partial charge in [-0.3, -0.25) is 5.41 Å². The van der Waals surface area contributed by atoms with Crippen molar-refractivity contribution < 1.29 is 9.90 Å². The number of rotatable bonds is 4. The van der Waals surface area contributed by atoms with Gasteiger partial charge in [0, 0.05) is 29.9 Å². The molecule has 1 heterocycles. The van der Waals surface area contributed by atoms with E-state index in [0.717, 1.165) is 32.8 Å². The lowest BCUT2D eigenvalue weighted by atomic mass is 9.96. The van der Waals surface area contributed by atoms with E-state index in [1.165, 1.54) is 0 Å². The van der Waals surface area contributed by atoms with E-state index in [1.807, 2.05) is 48.5 Å². The van der Waals surface area contributed by atoms with Crippen molar-refractivity contribution in [3.05, 3.63) is 83.0 Å². The molecule has 5 heteroatoms. The zero-order valence-electron chi connectivity index (χ0n) is 14.9. The summed E-state index contributed by atoms with van der Waals surface area (Å²) in [5, 5.41) is 20.6. The maximum absolute atomic E-state index is 12.0. The number of fused-ring (bicyclic) bond motifs is 2. The van der Waals surface area contributed by atoms with Crippen molar-refractivity contribution in [3.63, 3.8) is 0 Å². The van der Waals surface area contributed by atoms with Crippen LogP contribution in [0, 0.1) is 5.41 Å². The number of aromatic carboxylic acids is 1. The Morgan fingerprint density at radius 3 is 2.56 bits per heavy atom. The number of hydrogen-bond donors (Lipinski definition) is 3. The van der Waals surface area contributed by atoms with Crippen molar-refractivity contribution in [2.45, 2.75) is 6.42 Å². The van der Waals surface area contributed by atoms with E-state index < -0.39 is 5.97 Å². The highest BCUT2D eigenvalue weighted by molar-refractivity contribution is 6.03. The second-order valence-corrected chi connectivity index (χ2v) is 6.65. The lowest BCUT2D eigenvalue weighted by molar-refractivity contribution is 0.0686. The van der Waals surface area contributed by atoms with Gasteiger partial charge in [0.15, 0.2) is 0 Å². The van der Waals surface area contributed by atoms with Gasteiger partial charge in [-0.1, -0.05) is 42.5 Å². The second kappa shape index (κ2) is 6.29. The molecule has 0 radical (unpaired) electrons. The third-order valence-corrected chi connectivity index (χ3v) is 5.07. The summed E-state index contributed by atoms with van der Waals surface area (Å²) in [6.45, 7) is 0. The first kappa shape index (κ1) is 16.8. The first-order chi connectivity index (χ1) is 13.0. The Balaban J connectivity index is 1.99. The first-order valence-corrected chi connectivity index (χ1v) is 8.63. The minimum Gasteiger partial charge on any atom is -0.477 e. The predicted molar refractivity (Wildman–Crippen MR) is 108 cm³/mol. The highest BCUT2D eigenvalue weighted by Crippen LogP contribution is 2.31. The number of nitrogens with one attached hydrogen (secondary N) is 1. The predicted octanol–water partition coefficient (Wildman–Crippen LogP) is 3.90. The Hall–Kier alpha value is -3.60. The molecule has 0 amide bonds. The molecule has 0 fully saturated rings. The molecule has 0 saturated heterocycles. The number of aromatic nitrogens is 1. The van der Waals surface area contributed by atoms with Gasteiger partial charge in [-0.2, -0.15) is 0 Å². The van der Waals surface area contributed by atoms with Crippen LogP contribution in [-0.4, -0.2) is 21.5 Å². The number of carbonyl (C=O) groups is 1. The number of nitrogens with zero attached hydrogens (tertiary/aromatic N) is 1. The van der Waals surface area contributed by atoms with E-state index >= 15 is 0 Å². The molecule has 0 saturated carbocycles. The van der Waals surface area contributed by atoms with Gasteiger partial charge < -0.3 is 15.4 Å². The maximum Gasteiger partial charge on any atom is 0.352 e. The standard InChI is InChI=1S/C22H19N3O2/c1-25-19-10-9-15(21(23)24)12-17(19)18(20(25)22(26)27)11-14-7-4-6-13-5-2-3-8-16(13)14/h2-10,12H,11H2,1H3,(H3,23,24)(H,26,27). The van der Waals surface area contributed by atoms with Crippen LogP contribution >= 0.6 is 0 Å². The summed E-state index contributed by atoms with van der Waals surface area (Å²) >= 11 is 0. The summed E-state index contributed by atoms with van der Waals surface area (Å²) in [4.78, 5) is 12.0. The molecule has 0 spiro atoms. The zero-order valence-corrected chi connectivity index (χ0v) is 14.9. The average molecular weight is 357 g/mol. The van der Waals surface area contributed by atoms with Gasteiger partial charge in [0.1, 0.15) is 11.5 Å². The van der Waals surface area contributed by atoms with Gasteiger partial charge in [-0.15, -0.1) is 0 Å². The van der Waals surface area contributed by atoms with E-state index in [4.69, 9.17) is 11.1 Å². The topological polar surface area (TPSA) is 92.1 Å². The number of benzene rings is 3. The van der Waals surface area contributed by atoms with E-state index in [1.54, 1.807) is 17.7 Å².